The van der Waals surface area contributed by atoms with E-state index in [1.54, 1.807) is 10.8 Å². The zero-order valence-corrected chi connectivity index (χ0v) is 19.6. The van der Waals surface area contributed by atoms with Crippen LogP contribution in [-0.2, 0) is 6.54 Å². The van der Waals surface area contributed by atoms with Gasteiger partial charge >= 0.3 is 0 Å². The van der Waals surface area contributed by atoms with Gasteiger partial charge in [-0.1, -0.05) is 18.6 Å². The smallest absolute Gasteiger partial charge is 0.276 e. The largest absolute Gasteiger partial charge is 0.352 e. The van der Waals surface area contributed by atoms with Gasteiger partial charge in [0.1, 0.15) is 5.52 Å². The zero-order valence-electron chi connectivity index (χ0n) is 19.6. The third-order valence-electron chi connectivity index (χ3n) is 6.87. The number of nitrogens with one attached hydrogen (secondary N) is 1. The van der Waals surface area contributed by atoms with Crippen molar-refractivity contribution in [1.82, 2.24) is 24.2 Å². The van der Waals surface area contributed by atoms with Crippen LogP contribution in [-0.4, -0.2) is 50.4 Å². The lowest BCUT2D eigenvalue weighted by molar-refractivity contribution is 0.0948. The summed E-state index contributed by atoms with van der Waals surface area (Å²) in [7, 11) is 0. The number of rotatable bonds is 7. The summed E-state index contributed by atoms with van der Waals surface area (Å²) in [4.78, 5) is 32.9. The van der Waals surface area contributed by atoms with Gasteiger partial charge in [0, 0.05) is 37.1 Å². The molecule has 1 aromatic carbocycles. The van der Waals surface area contributed by atoms with E-state index in [1.165, 1.54) is 19.3 Å². The van der Waals surface area contributed by atoms with Gasteiger partial charge in [-0.05, 0) is 74.7 Å². The van der Waals surface area contributed by atoms with Gasteiger partial charge in [0.15, 0.2) is 5.65 Å². The van der Waals surface area contributed by atoms with Gasteiger partial charge in [-0.2, -0.15) is 0 Å². The maximum Gasteiger partial charge on any atom is 0.276 e. The van der Waals surface area contributed by atoms with Gasteiger partial charge in [-0.3, -0.25) is 14.2 Å². The molecule has 3 aromatic heterocycles. The van der Waals surface area contributed by atoms with Crippen molar-refractivity contribution in [3.63, 3.8) is 0 Å². The number of benzene rings is 1. The van der Waals surface area contributed by atoms with E-state index in [9.17, 15) is 9.59 Å². The number of likely N-dealkylation sites (tertiary alicyclic amines) is 1. The van der Waals surface area contributed by atoms with E-state index in [4.69, 9.17) is 0 Å². The van der Waals surface area contributed by atoms with Crippen molar-refractivity contribution < 1.29 is 4.79 Å². The Kier molecular flexibility index (Phi) is 6.45. The van der Waals surface area contributed by atoms with Crippen LogP contribution >= 0.6 is 0 Å². The second-order valence-electron chi connectivity index (χ2n) is 9.19. The number of fused-ring (bicyclic) bond motifs is 3. The maximum absolute atomic E-state index is 13.2. The van der Waals surface area contributed by atoms with E-state index in [1.807, 2.05) is 59.1 Å². The summed E-state index contributed by atoms with van der Waals surface area (Å²) >= 11 is 0. The lowest BCUT2D eigenvalue weighted by Gasteiger charge is -2.33. The first kappa shape index (κ1) is 22.3. The fourth-order valence-electron chi connectivity index (χ4n) is 5.00. The predicted molar refractivity (Wildman–Crippen MR) is 134 cm³/mol. The van der Waals surface area contributed by atoms with Crippen LogP contribution in [0.3, 0.4) is 0 Å². The third kappa shape index (κ3) is 4.48. The average molecular weight is 458 g/mol. The number of hydrogen-bond donors (Lipinski definition) is 1. The summed E-state index contributed by atoms with van der Waals surface area (Å²) in [5.41, 5.74) is 3.50. The molecule has 1 N–H and O–H groups in total. The molecule has 5 rings (SSSR count). The lowest BCUT2D eigenvalue weighted by atomic mass is 10.0. The molecular formula is C27H31N5O2. The van der Waals surface area contributed by atoms with Crippen LogP contribution in [0.5, 0.6) is 0 Å². The Morgan fingerprint density at radius 1 is 1.12 bits per heavy atom. The zero-order chi connectivity index (χ0) is 23.5. The minimum Gasteiger partial charge on any atom is -0.352 e. The van der Waals surface area contributed by atoms with E-state index in [-0.39, 0.29) is 11.5 Å². The van der Waals surface area contributed by atoms with Crippen LogP contribution in [0.1, 0.15) is 48.5 Å². The van der Waals surface area contributed by atoms with E-state index in [2.05, 4.69) is 22.1 Å². The minimum atomic E-state index is -0.0991. The standard InChI is InChI=1S/C27H31N5O2/c1-20-8-2-3-15-30(20)16-7-14-29-26(33)22-10-4-9-21(18-22)19-32-25-23(11-5-13-28-25)31-17-6-12-24(31)27(32)34/h4-6,9-13,17-18,20H,2-3,7-8,14-16,19H2,1H3,(H,29,33). The highest BCUT2D eigenvalue weighted by molar-refractivity contribution is 5.94. The molecule has 1 aliphatic heterocycles. The van der Waals surface area contributed by atoms with Crippen molar-refractivity contribution in [2.45, 2.75) is 45.2 Å². The topological polar surface area (TPSA) is 71.6 Å². The molecule has 176 valence electrons. The number of carbonyl (C=O) groups is 1. The maximum atomic E-state index is 13.2. The van der Waals surface area contributed by atoms with Crippen LogP contribution in [0.25, 0.3) is 16.7 Å². The molecule has 1 amide bonds. The number of hydrogen-bond acceptors (Lipinski definition) is 4. The highest BCUT2D eigenvalue weighted by Crippen LogP contribution is 2.17. The van der Waals surface area contributed by atoms with Crippen molar-refractivity contribution in [2.24, 2.45) is 0 Å². The summed E-state index contributed by atoms with van der Waals surface area (Å²) in [5.74, 6) is -0.0779. The second kappa shape index (κ2) is 9.81. The lowest BCUT2D eigenvalue weighted by Crippen LogP contribution is -2.39. The number of carbonyl (C=O) groups excluding carboxylic acids is 1. The van der Waals surface area contributed by atoms with E-state index < -0.39 is 0 Å². The van der Waals surface area contributed by atoms with Crippen molar-refractivity contribution in [2.75, 3.05) is 19.6 Å². The van der Waals surface area contributed by atoms with E-state index >= 15 is 0 Å². The Balaban J connectivity index is 1.29. The quantitative estimate of drug-likeness (QED) is 0.430. The van der Waals surface area contributed by atoms with Gasteiger partial charge in [-0.25, -0.2) is 4.98 Å². The molecule has 7 nitrogen and oxygen atoms in total. The Bertz CT molecular complexity index is 1370. The molecule has 0 radical (unpaired) electrons. The fraction of sp³-hybridized carbons (Fsp3) is 0.370. The summed E-state index contributed by atoms with van der Waals surface area (Å²) in [6.07, 6.45) is 8.38. The molecule has 4 aromatic rings. The molecule has 1 saturated heterocycles. The van der Waals surface area contributed by atoms with Crippen LogP contribution in [0.15, 0.2) is 65.7 Å². The fourth-order valence-corrected chi connectivity index (χ4v) is 5.00. The molecule has 7 heteroatoms. The molecular weight excluding hydrogens is 426 g/mol. The van der Waals surface area contributed by atoms with Gasteiger partial charge in [0.25, 0.3) is 11.5 Å². The Morgan fingerprint density at radius 3 is 2.88 bits per heavy atom. The minimum absolute atomic E-state index is 0.0779. The first-order valence-corrected chi connectivity index (χ1v) is 12.2. The van der Waals surface area contributed by atoms with Gasteiger partial charge < -0.3 is 14.6 Å². The van der Waals surface area contributed by atoms with Gasteiger partial charge in [-0.15, -0.1) is 0 Å². The van der Waals surface area contributed by atoms with Crippen LogP contribution in [0.4, 0.5) is 0 Å². The molecule has 1 atom stereocenters. The number of pyridine rings is 1. The average Bonchev–Trinajstić information content (AvgIpc) is 3.36. The first-order valence-electron chi connectivity index (χ1n) is 12.2. The summed E-state index contributed by atoms with van der Waals surface area (Å²) in [5, 5.41) is 3.06. The molecule has 0 bridgehead atoms. The highest BCUT2D eigenvalue weighted by atomic mass is 16.1. The SMILES string of the molecule is CC1CCCCN1CCCNC(=O)c1cccc(Cn2c(=O)c3cccn3c3cccnc32)c1. The van der Waals surface area contributed by atoms with E-state index in [0.29, 0.717) is 35.9 Å². The molecule has 1 fully saturated rings. The molecule has 1 unspecified atom stereocenters. The second-order valence-corrected chi connectivity index (χ2v) is 9.19. The molecule has 34 heavy (non-hydrogen) atoms. The van der Waals surface area contributed by atoms with Gasteiger partial charge in [0.05, 0.1) is 12.1 Å². The molecule has 0 aliphatic carbocycles. The highest BCUT2D eigenvalue weighted by Gasteiger charge is 2.17. The summed E-state index contributed by atoms with van der Waals surface area (Å²) in [6, 6.07) is 15.7. The Morgan fingerprint density at radius 2 is 2.00 bits per heavy atom. The summed E-state index contributed by atoms with van der Waals surface area (Å²) < 4.78 is 3.55. The van der Waals surface area contributed by atoms with E-state index in [0.717, 1.165) is 30.6 Å². The number of aromatic nitrogens is 3. The van der Waals surface area contributed by atoms with Crippen molar-refractivity contribution in [3.05, 3.63) is 82.4 Å². The molecule has 4 heterocycles. The Hall–Kier alpha value is -3.45. The first-order chi connectivity index (χ1) is 16.6. The molecule has 1 aliphatic rings. The van der Waals surface area contributed by atoms with Crippen molar-refractivity contribution >= 4 is 22.6 Å². The Labute approximate surface area is 199 Å². The number of piperidine rings is 1. The molecule has 0 saturated carbocycles. The monoisotopic (exact) mass is 457 g/mol. The number of nitrogens with zero attached hydrogens (tertiary/aromatic N) is 4. The van der Waals surface area contributed by atoms with Crippen molar-refractivity contribution in [1.29, 1.82) is 0 Å². The summed E-state index contributed by atoms with van der Waals surface area (Å²) in [6.45, 7) is 5.48. The molecule has 0 spiro atoms. The van der Waals surface area contributed by atoms with Crippen LogP contribution in [0, 0.1) is 0 Å². The van der Waals surface area contributed by atoms with Crippen LogP contribution < -0.4 is 10.9 Å². The van der Waals surface area contributed by atoms with Gasteiger partial charge in [0.2, 0.25) is 0 Å². The predicted octanol–water partition coefficient (Wildman–Crippen LogP) is 3.69. The number of amides is 1. The normalized spacial score (nSPS) is 16.8. The van der Waals surface area contributed by atoms with Crippen molar-refractivity contribution in [3.8, 4) is 0 Å². The van der Waals surface area contributed by atoms with Crippen LogP contribution in [0.2, 0.25) is 0 Å². The third-order valence-corrected chi connectivity index (χ3v) is 6.87.